The summed E-state index contributed by atoms with van der Waals surface area (Å²) in [6.07, 6.45) is 12.7. The van der Waals surface area contributed by atoms with Crippen molar-refractivity contribution in [3.8, 4) is 11.1 Å². The molecule has 38 heavy (non-hydrogen) atoms. The zero-order chi connectivity index (χ0) is 26.3. The molecule has 0 aliphatic carbocycles. The third-order valence-corrected chi connectivity index (χ3v) is 7.63. The van der Waals surface area contributed by atoms with Gasteiger partial charge in [0.1, 0.15) is 5.82 Å². The van der Waals surface area contributed by atoms with E-state index in [0.29, 0.717) is 29.8 Å². The summed E-state index contributed by atoms with van der Waals surface area (Å²) in [7, 11) is 0. The minimum absolute atomic E-state index is 0.0131. The molecule has 5 rings (SSSR count). The summed E-state index contributed by atoms with van der Waals surface area (Å²) in [5.41, 5.74) is 1.95. The first-order valence-corrected chi connectivity index (χ1v) is 14.0. The molecule has 0 unspecified atom stereocenters. The Labute approximate surface area is 228 Å². The van der Waals surface area contributed by atoms with E-state index in [1.807, 2.05) is 15.8 Å². The Hall–Kier alpha value is -3.04. The van der Waals surface area contributed by atoms with Crippen LogP contribution < -0.4 is 5.32 Å². The van der Waals surface area contributed by atoms with Crippen molar-refractivity contribution in [2.75, 3.05) is 38.0 Å². The molecule has 1 amide bonds. The van der Waals surface area contributed by atoms with Gasteiger partial charge < -0.3 is 15.1 Å². The average molecular weight is 540 g/mol. The fourth-order valence-electron chi connectivity index (χ4n) is 5.40. The molecular weight excluding hydrogens is 505 g/mol. The highest BCUT2D eigenvalue weighted by Gasteiger charge is 2.31. The van der Waals surface area contributed by atoms with Gasteiger partial charge in [-0.2, -0.15) is 5.10 Å². The first-order valence-electron chi connectivity index (χ1n) is 13.6. The SMILES string of the molecule is O=C(c1nn(CCCN2CCCCC2)cc1-c1ccc(F)cc1)N1CCCC[C@H]1CNc1ncc(Cl)cn1. The molecule has 0 saturated carbocycles. The van der Waals surface area contributed by atoms with E-state index in [-0.39, 0.29) is 17.8 Å². The summed E-state index contributed by atoms with van der Waals surface area (Å²) >= 11 is 5.90. The van der Waals surface area contributed by atoms with E-state index in [0.717, 1.165) is 63.0 Å². The molecule has 3 aromatic rings. The third-order valence-electron chi connectivity index (χ3n) is 7.43. The number of amides is 1. The highest BCUT2D eigenvalue weighted by Crippen LogP contribution is 2.27. The van der Waals surface area contributed by atoms with Crippen molar-refractivity contribution in [1.29, 1.82) is 0 Å². The van der Waals surface area contributed by atoms with E-state index in [4.69, 9.17) is 16.7 Å². The van der Waals surface area contributed by atoms with Crippen molar-refractivity contribution < 1.29 is 9.18 Å². The van der Waals surface area contributed by atoms with E-state index >= 15 is 0 Å². The van der Waals surface area contributed by atoms with Gasteiger partial charge >= 0.3 is 0 Å². The summed E-state index contributed by atoms with van der Waals surface area (Å²) in [5, 5.41) is 8.51. The Bertz CT molecular complexity index is 1190. The number of halogens is 2. The zero-order valence-corrected chi connectivity index (χ0v) is 22.4. The molecule has 202 valence electrons. The predicted octanol–water partition coefficient (Wildman–Crippen LogP) is 5.12. The summed E-state index contributed by atoms with van der Waals surface area (Å²) in [6, 6.07) is 6.28. The number of benzene rings is 1. The van der Waals surface area contributed by atoms with Crippen molar-refractivity contribution in [3.63, 3.8) is 0 Å². The van der Waals surface area contributed by atoms with Crippen LogP contribution in [0.2, 0.25) is 5.02 Å². The van der Waals surface area contributed by atoms with Gasteiger partial charge in [-0.15, -0.1) is 0 Å². The highest BCUT2D eigenvalue weighted by molar-refractivity contribution is 6.30. The molecule has 0 bridgehead atoms. The lowest BCUT2D eigenvalue weighted by Crippen LogP contribution is -2.47. The lowest BCUT2D eigenvalue weighted by molar-refractivity contribution is 0.0621. The van der Waals surface area contributed by atoms with Crippen molar-refractivity contribution in [3.05, 3.63) is 59.4 Å². The van der Waals surface area contributed by atoms with Gasteiger partial charge in [0.25, 0.3) is 5.91 Å². The van der Waals surface area contributed by atoms with E-state index in [1.54, 1.807) is 24.5 Å². The highest BCUT2D eigenvalue weighted by atomic mass is 35.5. The van der Waals surface area contributed by atoms with Gasteiger partial charge in [-0.1, -0.05) is 30.2 Å². The first kappa shape index (κ1) is 26.6. The zero-order valence-electron chi connectivity index (χ0n) is 21.7. The molecule has 0 spiro atoms. The number of carbonyl (C=O) groups is 1. The number of aromatic nitrogens is 4. The monoisotopic (exact) mass is 539 g/mol. The summed E-state index contributed by atoms with van der Waals surface area (Å²) < 4.78 is 15.6. The second kappa shape index (κ2) is 12.7. The molecule has 1 N–H and O–H groups in total. The molecular formula is C28H35ClFN7O. The molecule has 1 aromatic carbocycles. The molecule has 2 aliphatic heterocycles. The maximum Gasteiger partial charge on any atom is 0.275 e. The number of piperidine rings is 2. The van der Waals surface area contributed by atoms with E-state index in [9.17, 15) is 9.18 Å². The lowest BCUT2D eigenvalue weighted by atomic mass is 10.00. The number of aryl methyl sites for hydroxylation is 1. The fourth-order valence-corrected chi connectivity index (χ4v) is 5.50. The second-order valence-electron chi connectivity index (χ2n) is 10.2. The normalized spacial score (nSPS) is 18.5. The molecule has 2 fully saturated rings. The minimum Gasteiger partial charge on any atom is -0.352 e. The average Bonchev–Trinajstić information content (AvgIpc) is 3.37. The smallest absolute Gasteiger partial charge is 0.275 e. The number of rotatable bonds is 9. The number of hydrogen-bond donors (Lipinski definition) is 1. The van der Waals surface area contributed by atoms with E-state index < -0.39 is 0 Å². The molecule has 0 radical (unpaired) electrons. The van der Waals surface area contributed by atoms with Gasteiger partial charge in [-0.25, -0.2) is 14.4 Å². The van der Waals surface area contributed by atoms with Crippen LogP contribution in [0.25, 0.3) is 11.1 Å². The quantitative estimate of drug-likeness (QED) is 0.407. The fraction of sp³-hybridized carbons (Fsp3) is 0.500. The van der Waals surface area contributed by atoms with Gasteiger partial charge in [0.05, 0.1) is 17.4 Å². The van der Waals surface area contributed by atoms with Gasteiger partial charge in [-0.05, 0) is 75.9 Å². The Kier molecular flexibility index (Phi) is 8.86. The van der Waals surface area contributed by atoms with Crippen molar-refractivity contribution in [1.82, 2.24) is 29.5 Å². The number of anilines is 1. The Morgan fingerprint density at radius 3 is 2.50 bits per heavy atom. The molecule has 10 heteroatoms. The van der Waals surface area contributed by atoms with Gasteiger partial charge in [0.2, 0.25) is 5.95 Å². The van der Waals surface area contributed by atoms with Crippen LogP contribution in [0.4, 0.5) is 10.3 Å². The minimum atomic E-state index is -0.304. The maximum atomic E-state index is 14.0. The van der Waals surface area contributed by atoms with Gasteiger partial charge in [0.15, 0.2) is 5.69 Å². The first-order chi connectivity index (χ1) is 18.6. The Morgan fingerprint density at radius 2 is 1.74 bits per heavy atom. The van der Waals surface area contributed by atoms with E-state index in [1.165, 1.54) is 31.4 Å². The number of likely N-dealkylation sites (tertiary alicyclic amines) is 2. The molecule has 2 saturated heterocycles. The van der Waals surface area contributed by atoms with Crippen LogP contribution >= 0.6 is 11.6 Å². The molecule has 8 nitrogen and oxygen atoms in total. The number of nitrogens with zero attached hydrogens (tertiary/aromatic N) is 6. The van der Waals surface area contributed by atoms with Crippen LogP contribution in [-0.4, -0.2) is 74.2 Å². The van der Waals surface area contributed by atoms with Gasteiger partial charge in [0, 0.05) is 37.4 Å². The summed E-state index contributed by atoms with van der Waals surface area (Å²) in [6.45, 7) is 5.29. The molecule has 2 aliphatic rings. The Balaban J connectivity index is 1.33. The van der Waals surface area contributed by atoms with E-state index in [2.05, 4.69) is 20.2 Å². The standard InChI is InChI=1S/C28H35ClFN7O/c29-22-17-31-28(32-18-22)33-19-24-7-2-5-16-37(24)27(38)26-25(21-8-10-23(30)11-9-21)20-36(34-26)15-6-14-35-12-3-1-4-13-35/h8-11,17-18,20,24H,1-7,12-16,19H2,(H,31,32,33)/t24-/m0/s1. The van der Waals surface area contributed by atoms with Crippen LogP contribution in [0.5, 0.6) is 0 Å². The van der Waals surface area contributed by atoms with Crippen molar-refractivity contribution in [2.45, 2.75) is 57.5 Å². The second-order valence-corrected chi connectivity index (χ2v) is 10.6. The van der Waals surface area contributed by atoms with Crippen LogP contribution in [0, 0.1) is 5.82 Å². The third kappa shape index (κ3) is 6.69. The van der Waals surface area contributed by atoms with Crippen LogP contribution in [0.3, 0.4) is 0 Å². The molecule has 4 heterocycles. The largest absolute Gasteiger partial charge is 0.352 e. The van der Waals surface area contributed by atoms with Crippen LogP contribution in [0.15, 0.2) is 42.9 Å². The number of hydrogen-bond acceptors (Lipinski definition) is 6. The van der Waals surface area contributed by atoms with Crippen molar-refractivity contribution >= 4 is 23.5 Å². The van der Waals surface area contributed by atoms with Crippen molar-refractivity contribution in [2.24, 2.45) is 0 Å². The van der Waals surface area contributed by atoms with Crippen LogP contribution in [-0.2, 0) is 6.54 Å². The predicted molar refractivity (Wildman–Crippen MR) is 147 cm³/mol. The molecule has 1 atom stereocenters. The maximum absolute atomic E-state index is 14.0. The number of nitrogens with one attached hydrogen (secondary N) is 1. The molecule has 2 aromatic heterocycles. The summed E-state index contributed by atoms with van der Waals surface area (Å²) in [5.74, 6) is 0.0853. The van der Waals surface area contributed by atoms with Gasteiger partial charge in [-0.3, -0.25) is 9.48 Å². The summed E-state index contributed by atoms with van der Waals surface area (Å²) in [4.78, 5) is 26.8. The topological polar surface area (TPSA) is 79.2 Å². The number of carbonyl (C=O) groups excluding carboxylic acids is 1. The Morgan fingerprint density at radius 1 is 1.00 bits per heavy atom. The van der Waals surface area contributed by atoms with Crippen LogP contribution in [0.1, 0.15) is 55.4 Å². The lowest BCUT2D eigenvalue weighted by Gasteiger charge is -2.35.